The third-order valence-corrected chi connectivity index (χ3v) is 5.90. The minimum atomic E-state index is -0.213. The van der Waals surface area contributed by atoms with E-state index in [2.05, 4.69) is 33.8 Å². The van der Waals surface area contributed by atoms with E-state index in [1.165, 1.54) is 11.8 Å². The number of fused-ring (bicyclic) bond motifs is 2. The molecule has 1 fully saturated rings. The summed E-state index contributed by atoms with van der Waals surface area (Å²) in [5.74, 6) is -0.213. The highest BCUT2D eigenvalue weighted by molar-refractivity contribution is 6.30. The highest BCUT2D eigenvalue weighted by atomic mass is 35.5. The summed E-state index contributed by atoms with van der Waals surface area (Å²) in [5.41, 5.74) is 2.72. The summed E-state index contributed by atoms with van der Waals surface area (Å²) in [6.07, 6.45) is 3.38. The number of piperidine rings is 1. The van der Waals surface area contributed by atoms with Crippen molar-refractivity contribution in [3.63, 3.8) is 0 Å². The number of ether oxygens (including phenoxy) is 1. The number of hydrogen-bond acceptors (Lipinski definition) is 4. The monoisotopic (exact) mass is 371 g/mol. The average molecular weight is 372 g/mol. The van der Waals surface area contributed by atoms with Crippen LogP contribution in [0.2, 0.25) is 5.02 Å². The number of aromatic nitrogens is 1. The number of halogens is 1. The zero-order valence-electron chi connectivity index (χ0n) is 14.7. The first-order valence-electron chi connectivity index (χ1n) is 8.91. The molecule has 1 aliphatic heterocycles. The Labute approximate surface area is 158 Å². The van der Waals surface area contributed by atoms with E-state index in [1.807, 2.05) is 6.07 Å². The number of carbonyl (C=O) groups excluding carboxylic acids is 1. The van der Waals surface area contributed by atoms with Crippen LogP contribution in [0.25, 0.3) is 0 Å². The number of nitrogens with zero attached hydrogens (tertiary/aromatic N) is 1. The second kappa shape index (κ2) is 6.99. The standard InChI is InChI=1S/C20H22ClN3O2/c1-26-18-17(24-19(25)16-7-6-13(21)12-23-16)14-4-2-3-5-15(14)20(18)8-10-22-11-9-20/h2-7,12,17-18,22H,8-11H2,1H3,(H,24,25)/t17-,18+/m1/s1. The second-order valence-corrected chi connectivity index (χ2v) is 7.40. The minimum Gasteiger partial charge on any atom is -0.378 e. The molecular formula is C20H22ClN3O2. The van der Waals surface area contributed by atoms with Gasteiger partial charge in [-0.2, -0.15) is 0 Å². The van der Waals surface area contributed by atoms with Gasteiger partial charge in [0.2, 0.25) is 0 Å². The second-order valence-electron chi connectivity index (χ2n) is 6.96. The number of amides is 1. The molecule has 1 saturated heterocycles. The number of hydrogen-bond donors (Lipinski definition) is 2. The first-order valence-corrected chi connectivity index (χ1v) is 9.29. The SMILES string of the molecule is CO[C@H]1[C@H](NC(=O)c2ccc(Cl)cn2)c2ccccc2C12CCNCC2. The Hall–Kier alpha value is -1.95. The van der Waals surface area contributed by atoms with Crippen molar-refractivity contribution >= 4 is 17.5 Å². The van der Waals surface area contributed by atoms with Gasteiger partial charge in [-0.3, -0.25) is 4.79 Å². The molecule has 1 aromatic heterocycles. The van der Waals surface area contributed by atoms with E-state index in [0.717, 1.165) is 31.5 Å². The van der Waals surface area contributed by atoms with Crippen molar-refractivity contribution in [2.24, 2.45) is 0 Å². The van der Waals surface area contributed by atoms with Crippen LogP contribution in [0.15, 0.2) is 42.6 Å². The van der Waals surface area contributed by atoms with Crippen LogP contribution in [-0.2, 0) is 10.2 Å². The summed E-state index contributed by atoms with van der Waals surface area (Å²) in [6.45, 7) is 1.90. The summed E-state index contributed by atoms with van der Waals surface area (Å²) in [5, 5.41) is 7.10. The van der Waals surface area contributed by atoms with Crippen molar-refractivity contribution in [3.05, 3.63) is 64.4 Å². The van der Waals surface area contributed by atoms with Crippen LogP contribution in [0.3, 0.4) is 0 Å². The molecule has 5 nitrogen and oxygen atoms in total. The van der Waals surface area contributed by atoms with Gasteiger partial charge in [0.05, 0.1) is 17.2 Å². The molecule has 2 atom stereocenters. The normalized spacial score (nSPS) is 23.6. The van der Waals surface area contributed by atoms with Crippen LogP contribution in [0.5, 0.6) is 0 Å². The molecule has 0 bridgehead atoms. The van der Waals surface area contributed by atoms with Gasteiger partial charge in [0.25, 0.3) is 5.91 Å². The summed E-state index contributed by atoms with van der Waals surface area (Å²) < 4.78 is 5.97. The maximum absolute atomic E-state index is 12.8. The Morgan fingerprint density at radius 2 is 2.04 bits per heavy atom. The van der Waals surface area contributed by atoms with Gasteiger partial charge in [-0.05, 0) is 49.2 Å². The third kappa shape index (κ3) is 2.80. The predicted molar refractivity (Wildman–Crippen MR) is 100 cm³/mol. The van der Waals surface area contributed by atoms with Gasteiger partial charge in [-0.15, -0.1) is 0 Å². The lowest BCUT2D eigenvalue weighted by molar-refractivity contribution is 0.00392. The van der Waals surface area contributed by atoms with Crippen molar-refractivity contribution < 1.29 is 9.53 Å². The highest BCUT2D eigenvalue weighted by Crippen LogP contribution is 2.51. The number of nitrogens with one attached hydrogen (secondary N) is 2. The summed E-state index contributed by atoms with van der Waals surface area (Å²) in [6, 6.07) is 11.5. The molecule has 4 rings (SSSR count). The molecule has 2 N–H and O–H groups in total. The average Bonchev–Trinajstić information content (AvgIpc) is 2.92. The largest absolute Gasteiger partial charge is 0.378 e. The molecule has 2 aliphatic rings. The van der Waals surface area contributed by atoms with E-state index in [4.69, 9.17) is 16.3 Å². The number of rotatable bonds is 3. The van der Waals surface area contributed by atoms with Gasteiger partial charge in [0.15, 0.2) is 0 Å². The van der Waals surface area contributed by atoms with E-state index in [9.17, 15) is 4.79 Å². The fourth-order valence-electron chi connectivity index (χ4n) is 4.52. The van der Waals surface area contributed by atoms with Gasteiger partial charge in [0, 0.05) is 18.7 Å². The topological polar surface area (TPSA) is 63.2 Å². The molecule has 1 aromatic carbocycles. The molecule has 1 amide bonds. The molecule has 136 valence electrons. The molecule has 2 aromatic rings. The molecule has 0 saturated carbocycles. The lowest BCUT2D eigenvalue weighted by Crippen LogP contribution is -2.49. The van der Waals surface area contributed by atoms with Crippen LogP contribution in [0.4, 0.5) is 0 Å². The van der Waals surface area contributed by atoms with Crippen molar-refractivity contribution in [2.45, 2.75) is 30.4 Å². The molecule has 6 heteroatoms. The third-order valence-electron chi connectivity index (χ3n) is 5.68. The van der Waals surface area contributed by atoms with Crippen LogP contribution in [-0.4, -0.2) is 37.2 Å². The lowest BCUT2D eigenvalue weighted by Gasteiger charge is -2.40. The fraction of sp³-hybridized carbons (Fsp3) is 0.400. The Morgan fingerprint density at radius 1 is 1.27 bits per heavy atom. The van der Waals surface area contributed by atoms with E-state index in [-0.39, 0.29) is 23.5 Å². The number of pyridine rings is 1. The first kappa shape index (κ1) is 17.5. The van der Waals surface area contributed by atoms with E-state index < -0.39 is 0 Å². The molecule has 26 heavy (non-hydrogen) atoms. The number of carbonyl (C=O) groups is 1. The summed E-state index contributed by atoms with van der Waals surface area (Å²) in [7, 11) is 1.74. The van der Waals surface area contributed by atoms with Gasteiger partial charge < -0.3 is 15.4 Å². The number of methoxy groups -OCH3 is 1. The van der Waals surface area contributed by atoms with E-state index >= 15 is 0 Å². The zero-order chi connectivity index (χ0) is 18.1. The van der Waals surface area contributed by atoms with Crippen molar-refractivity contribution in [1.82, 2.24) is 15.6 Å². The lowest BCUT2D eigenvalue weighted by atomic mass is 9.72. The first-order chi connectivity index (χ1) is 12.7. The summed E-state index contributed by atoms with van der Waals surface area (Å²) in [4.78, 5) is 16.9. The number of benzene rings is 1. The molecular weight excluding hydrogens is 350 g/mol. The Balaban J connectivity index is 1.69. The highest BCUT2D eigenvalue weighted by Gasteiger charge is 2.53. The van der Waals surface area contributed by atoms with Crippen molar-refractivity contribution in [2.75, 3.05) is 20.2 Å². The summed E-state index contributed by atoms with van der Waals surface area (Å²) >= 11 is 5.88. The van der Waals surface area contributed by atoms with Gasteiger partial charge in [-0.1, -0.05) is 35.9 Å². The quantitative estimate of drug-likeness (QED) is 0.870. The van der Waals surface area contributed by atoms with E-state index in [1.54, 1.807) is 19.2 Å². The Bertz CT molecular complexity index is 803. The molecule has 0 radical (unpaired) electrons. The smallest absolute Gasteiger partial charge is 0.270 e. The van der Waals surface area contributed by atoms with E-state index in [0.29, 0.717) is 10.7 Å². The van der Waals surface area contributed by atoms with Crippen LogP contribution in [0, 0.1) is 0 Å². The van der Waals surface area contributed by atoms with Gasteiger partial charge in [-0.25, -0.2) is 4.98 Å². The minimum absolute atomic E-state index is 0.0675. The Morgan fingerprint density at radius 3 is 2.73 bits per heavy atom. The van der Waals surface area contributed by atoms with Crippen LogP contribution in [0.1, 0.15) is 40.5 Å². The van der Waals surface area contributed by atoms with Gasteiger partial charge >= 0.3 is 0 Å². The van der Waals surface area contributed by atoms with Gasteiger partial charge in [0.1, 0.15) is 5.69 Å². The molecule has 2 heterocycles. The fourth-order valence-corrected chi connectivity index (χ4v) is 4.64. The van der Waals surface area contributed by atoms with Crippen LogP contribution >= 0.6 is 11.6 Å². The molecule has 1 spiro atoms. The molecule has 1 aliphatic carbocycles. The predicted octanol–water partition coefficient (Wildman–Crippen LogP) is 2.86. The molecule has 0 unspecified atom stereocenters. The van der Waals surface area contributed by atoms with Crippen molar-refractivity contribution in [1.29, 1.82) is 0 Å². The maximum Gasteiger partial charge on any atom is 0.270 e. The Kier molecular flexibility index (Phi) is 4.69. The van der Waals surface area contributed by atoms with Crippen molar-refractivity contribution in [3.8, 4) is 0 Å². The maximum atomic E-state index is 12.8. The zero-order valence-corrected chi connectivity index (χ0v) is 15.4. The van der Waals surface area contributed by atoms with Crippen LogP contribution < -0.4 is 10.6 Å².